The molecular formula is C85H138O16P2. The standard InChI is InChI=1S/C85H138O16P2/c1-4-7-10-13-16-19-22-25-28-31-34-37-39-42-44-47-50-53-56-59-62-65-68-71-83(88)95-74-80(86)75-97-102(91,92)98-76-81(87)77-99-103(93,94)100-79-82(101-85(90)73-70-67-64-61-58-55-52-49-46-41-36-33-30-27-24-21-18-15-12-9-6-3)78-96-84(89)72-69-66-63-60-57-54-51-48-45-43-40-38-35-32-29-26-23-20-17-14-11-8-5-2/h7,9-10,12,16-21,25-30,34-38,41-45,49,52,58,61,80-82,86-87H,4-6,8,11,13-15,22-24,31-33,39-40,46-48,50-51,53-57,59-60,62-79H2,1-3H3,(H,91,92)(H,93,94)/b10-7-,12-9-,19-16-,20-17-,21-18-,28-25-,29-26-,30-27-,37-34-,38-35-,41-36-,44-42-,45-43-,52-49-,61-58-. The molecule has 0 saturated carbocycles. The molecule has 0 amide bonds. The number of esters is 3. The Morgan fingerprint density at radius 3 is 0.835 bits per heavy atom. The van der Waals surface area contributed by atoms with Crippen LogP contribution in [0.3, 0.4) is 0 Å². The Hall–Kier alpha value is -5.35. The Kier molecular flexibility index (Phi) is 72.3. The Morgan fingerprint density at radius 1 is 0.282 bits per heavy atom. The second-order valence-electron chi connectivity index (χ2n) is 25.4. The van der Waals surface area contributed by atoms with Crippen molar-refractivity contribution in [3.8, 4) is 0 Å². The molecule has 0 spiro atoms. The lowest BCUT2D eigenvalue weighted by atomic mass is 10.1. The summed E-state index contributed by atoms with van der Waals surface area (Å²) in [6, 6.07) is 0. The summed E-state index contributed by atoms with van der Waals surface area (Å²) in [5.41, 5.74) is 0. The molecule has 5 atom stereocenters. The van der Waals surface area contributed by atoms with E-state index in [0.717, 1.165) is 186 Å². The van der Waals surface area contributed by atoms with Crippen molar-refractivity contribution in [1.29, 1.82) is 0 Å². The maximum Gasteiger partial charge on any atom is 0.472 e. The van der Waals surface area contributed by atoms with E-state index in [1.165, 1.54) is 25.7 Å². The number of aliphatic hydroxyl groups is 2. The molecule has 4 N–H and O–H groups in total. The van der Waals surface area contributed by atoms with Gasteiger partial charge >= 0.3 is 33.6 Å². The van der Waals surface area contributed by atoms with Gasteiger partial charge in [0.1, 0.15) is 25.4 Å². The van der Waals surface area contributed by atoms with Gasteiger partial charge in [0.05, 0.1) is 26.4 Å². The fraction of sp³-hybridized carbons (Fsp3) is 0.612. The molecule has 584 valence electrons. The fourth-order valence-corrected chi connectivity index (χ4v) is 11.3. The number of rotatable bonds is 72. The molecule has 18 heteroatoms. The van der Waals surface area contributed by atoms with E-state index in [9.17, 15) is 43.5 Å². The van der Waals surface area contributed by atoms with Crippen LogP contribution in [-0.2, 0) is 55.8 Å². The molecule has 0 aliphatic rings. The number of phosphoric acid groups is 2. The van der Waals surface area contributed by atoms with Gasteiger partial charge in [0.2, 0.25) is 0 Å². The summed E-state index contributed by atoms with van der Waals surface area (Å²) in [5.74, 6) is -1.66. The molecule has 16 nitrogen and oxygen atoms in total. The van der Waals surface area contributed by atoms with Crippen molar-refractivity contribution in [3.05, 3.63) is 182 Å². The van der Waals surface area contributed by atoms with Gasteiger partial charge in [-0.05, 0) is 161 Å². The van der Waals surface area contributed by atoms with Crippen molar-refractivity contribution in [2.75, 3.05) is 39.6 Å². The first kappa shape index (κ1) is 97.7. The number of aliphatic hydroxyl groups excluding tert-OH is 2. The Morgan fingerprint density at radius 2 is 0.515 bits per heavy atom. The van der Waals surface area contributed by atoms with Gasteiger partial charge in [-0.25, -0.2) is 9.13 Å². The minimum absolute atomic E-state index is 0.0392. The number of carbonyl (C=O) groups excluding carboxylic acids is 3. The molecule has 0 rings (SSSR count). The van der Waals surface area contributed by atoms with Crippen LogP contribution < -0.4 is 0 Å². The first-order chi connectivity index (χ1) is 50.2. The lowest BCUT2D eigenvalue weighted by molar-refractivity contribution is -0.161. The van der Waals surface area contributed by atoms with Gasteiger partial charge in [0.15, 0.2) is 6.10 Å². The van der Waals surface area contributed by atoms with Gasteiger partial charge in [0.25, 0.3) is 0 Å². The molecule has 0 fully saturated rings. The third kappa shape index (κ3) is 77.6. The van der Waals surface area contributed by atoms with Crippen LogP contribution in [0.25, 0.3) is 0 Å². The molecule has 0 heterocycles. The molecule has 0 aromatic carbocycles. The SMILES string of the molecule is CC/C=C\C/C=C\C/C=C\C/C=C\C/C=C\C/C=C\CCCCC(=O)OC(COC(=O)CCCCCCCCC/C=C\C/C=C\C/C=C\C/C=C\CCCCC)COP(=O)(O)OCC(O)COP(=O)(O)OCC(O)COC(=O)CCCCCCCCC/C=C\C/C=C\C/C=C\C/C=C\C/C=C\CC. The summed E-state index contributed by atoms with van der Waals surface area (Å²) in [6.45, 7) is 2.33. The van der Waals surface area contributed by atoms with Gasteiger partial charge in [-0.15, -0.1) is 0 Å². The number of allylic oxidation sites excluding steroid dienone is 30. The highest BCUT2D eigenvalue weighted by molar-refractivity contribution is 7.47. The van der Waals surface area contributed by atoms with Gasteiger partial charge in [-0.1, -0.05) is 280 Å². The quantitative estimate of drug-likeness (QED) is 0.0146. The summed E-state index contributed by atoms with van der Waals surface area (Å²) in [6.07, 6.45) is 97.8. The minimum atomic E-state index is -4.96. The van der Waals surface area contributed by atoms with E-state index in [1.54, 1.807) is 0 Å². The largest absolute Gasteiger partial charge is 0.472 e. The number of hydrogen-bond acceptors (Lipinski definition) is 14. The third-order valence-electron chi connectivity index (χ3n) is 15.6. The van der Waals surface area contributed by atoms with Gasteiger partial charge in [-0.3, -0.25) is 32.5 Å². The summed E-state index contributed by atoms with van der Waals surface area (Å²) in [7, 11) is -9.83. The first-order valence-corrected chi connectivity index (χ1v) is 42.1. The van der Waals surface area contributed by atoms with Crippen LogP contribution in [0.15, 0.2) is 182 Å². The van der Waals surface area contributed by atoms with Crippen molar-refractivity contribution in [3.63, 3.8) is 0 Å². The second kappa shape index (κ2) is 76.3. The van der Waals surface area contributed by atoms with Crippen LogP contribution in [-0.4, -0.2) is 95.9 Å². The Bertz CT molecular complexity index is 2600. The lowest BCUT2D eigenvalue weighted by Gasteiger charge is -2.21. The van der Waals surface area contributed by atoms with Crippen molar-refractivity contribution < 1.29 is 75.8 Å². The molecule has 0 aliphatic heterocycles. The summed E-state index contributed by atoms with van der Waals surface area (Å²) >= 11 is 0. The molecule has 103 heavy (non-hydrogen) atoms. The third-order valence-corrected chi connectivity index (χ3v) is 17.5. The zero-order chi connectivity index (χ0) is 75.2. The van der Waals surface area contributed by atoms with E-state index >= 15 is 0 Å². The molecule has 0 aromatic rings. The highest BCUT2D eigenvalue weighted by Gasteiger charge is 2.29. The molecule has 0 aliphatic carbocycles. The van der Waals surface area contributed by atoms with Gasteiger partial charge < -0.3 is 34.2 Å². The van der Waals surface area contributed by atoms with E-state index in [4.69, 9.17) is 32.3 Å². The zero-order valence-electron chi connectivity index (χ0n) is 63.7. The zero-order valence-corrected chi connectivity index (χ0v) is 65.5. The smallest absolute Gasteiger partial charge is 0.463 e. The van der Waals surface area contributed by atoms with Crippen LogP contribution in [0.2, 0.25) is 0 Å². The molecule has 0 aromatic heterocycles. The summed E-state index contributed by atoms with van der Waals surface area (Å²) in [5, 5.41) is 20.6. The maximum absolute atomic E-state index is 13.0. The molecular weight excluding hydrogens is 1340 g/mol. The predicted molar refractivity (Wildman–Crippen MR) is 426 cm³/mol. The highest BCUT2D eigenvalue weighted by Crippen LogP contribution is 2.45. The summed E-state index contributed by atoms with van der Waals surface area (Å²) in [4.78, 5) is 58.7. The number of unbranched alkanes of at least 4 members (excludes halogenated alkanes) is 19. The maximum atomic E-state index is 13.0. The van der Waals surface area contributed by atoms with Crippen molar-refractivity contribution >= 4 is 33.6 Å². The Labute approximate surface area is 624 Å². The van der Waals surface area contributed by atoms with Crippen molar-refractivity contribution in [1.82, 2.24) is 0 Å². The Balaban J connectivity index is 4.79. The van der Waals surface area contributed by atoms with Crippen LogP contribution in [0.5, 0.6) is 0 Å². The molecule has 5 unspecified atom stereocenters. The number of phosphoric ester groups is 2. The average Bonchev–Trinajstić information content (AvgIpc) is 0.938. The van der Waals surface area contributed by atoms with E-state index in [1.807, 2.05) is 0 Å². The first-order valence-electron chi connectivity index (χ1n) is 39.1. The van der Waals surface area contributed by atoms with Crippen molar-refractivity contribution in [2.45, 2.75) is 296 Å². The van der Waals surface area contributed by atoms with E-state index in [-0.39, 0.29) is 19.3 Å². The number of hydrogen-bond donors (Lipinski definition) is 4. The van der Waals surface area contributed by atoms with Crippen LogP contribution in [0.1, 0.15) is 278 Å². The fourth-order valence-electron chi connectivity index (χ4n) is 9.70. The van der Waals surface area contributed by atoms with Crippen LogP contribution >= 0.6 is 15.6 Å². The molecule has 0 radical (unpaired) electrons. The van der Waals surface area contributed by atoms with E-state index in [0.29, 0.717) is 25.7 Å². The minimum Gasteiger partial charge on any atom is -0.463 e. The average molecular weight is 1480 g/mol. The van der Waals surface area contributed by atoms with Crippen molar-refractivity contribution in [2.24, 2.45) is 0 Å². The van der Waals surface area contributed by atoms with Gasteiger partial charge in [-0.2, -0.15) is 0 Å². The van der Waals surface area contributed by atoms with Gasteiger partial charge in [0, 0.05) is 19.3 Å². The summed E-state index contributed by atoms with van der Waals surface area (Å²) < 4.78 is 61.1. The molecule has 0 bridgehead atoms. The lowest BCUT2D eigenvalue weighted by Crippen LogP contribution is -2.30. The second-order valence-corrected chi connectivity index (χ2v) is 28.3. The monoisotopic (exact) mass is 1480 g/mol. The normalized spacial score (nSPS) is 15.0. The topological polar surface area (TPSA) is 231 Å². The molecule has 0 saturated heterocycles. The number of carbonyl (C=O) groups is 3. The van der Waals surface area contributed by atoms with E-state index < -0.39 is 91.5 Å². The van der Waals surface area contributed by atoms with Crippen LogP contribution in [0.4, 0.5) is 0 Å². The van der Waals surface area contributed by atoms with E-state index in [2.05, 4.69) is 203 Å². The van der Waals surface area contributed by atoms with Crippen LogP contribution in [0, 0.1) is 0 Å². The number of ether oxygens (including phenoxy) is 3. The predicted octanol–water partition coefficient (Wildman–Crippen LogP) is 23.0. The highest BCUT2D eigenvalue weighted by atomic mass is 31.2.